The average molecular weight is 426 g/mol. The molecule has 2 aliphatic rings. The van der Waals surface area contributed by atoms with Gasteiger partial charge in [-0.15, -0.1) is 0 Å². The van der Waals surface area contributed by atoms with Crippen molar-refractivity contribution in [2.75, 3.05) is 18.9 Å². The van der Waals surface area contributed by atoms with Crippen LogP contribution in [0.4, 0.5) is 5.82 Å². The number of morpholine rings is 1. The van der Waals surface area contributed by atoms with Crippen LogP contribution >= 0.6 is 11.6 Å². The van der Waals surface area contributed by atoms with Gasteiger partial charge in [-0.1, -0.05) is 17.7 Å². The summed E-state index contributed by atoms with van der Waals surface area (Å²) in [5, 5.41) is 1.25. The monoisotopic (exact) mass is 425 g/mol. The quantitative estimate of drug-likeness (QED) is 0.629. The number of hydrogen-bond donors (Lipinski definition) is 1. The summed E-state index contributed by atoms with van der Waals surface area (Å²) in [5.74, 6) is 0.283. The lowest BCUT2D eigenvalue weighted by molar-refractivity contribution is -0.0319. The third kappa shape index (κ3) is 3.17. The van der Waals surface area contributed by atoms with Crippen molar-refractivity contribution < 1.29 is 14.3 Å². The van der Waals surface area contributed by atoms with Gasteiger partial charge >= 0.3 is 0 Å². The van der Waals surface area contributed by atoms with Crippen LogP contribution in [0.2, 0.25) is 5.15 Å². The molecule has 1 fully saturated rings. The number of ether oxygens (including phenoxy) is 2. The lowest BCUT2D eigenvalue weighted by Gasteiger charge is -2.40. The fraction of sp³-hybridized carbons (Fsp3) is 0.333. The topological polar surface area (TPSA) is 103 Å². The number of pyridine rings is 3. The van der Waals surface area contributed by atoms with Crippen LogP contribution in [0.5, 0.6) is 0 Å². The molecule has 9 heteroatoms. The van der Waals surface area contributed by atoms with Crippen molar-refractivity contribution in [3.05, 3.63) is 58.1 Å². The fourth-order valence-electron chi connectivity index (χ4n) is 4.12. The molecule has 0 aromatic carbocycles. The van der Waals surface area contributed by atoms with E-state index in [2.05, 4.69) is 15.0 Å². The number of carbonyl (C=O) groups is 1. The highest BCUT2D eigenvalue weighted by atomic mass is 35.5. The van der Waals surface area contributed by atoms with E-state index >= 15 is 0 Å². The van der Waals surface area contributed by atoms with Gasteiger partial charge in [0.15, 0.2) is 0 Å². The van der Waals surface area contributed by atoms with Crippen LogP contribution in [-0.4, -0.2) is 45.0 Å². The molecule has 5 heterocycles. The van der Waals surface area contributed by atoms with Crippen molar-refractivity contribution in [3.63, 3.8) is 0 Å². The molecule has 2 N–H and O–H groups in total. The maximum atomic E-state index is 13.6. The van der Waals surface area contributed by atoms with Crippen molar-refractivity contribution in [2.24, 2.45) is 0 Å². The lowest BCUT2D eigenvalue weighted by atomic mass is 10.0. The highest BCUT2D eigenvalue weighted by Crippen LogP contribution is 2.33. The minimum atomic E-state index is -0.276. The minimum absolute atomic E-state index is 0.122. The fourth-order valence-corrected chi connectivity index (χ4v) is 4.24. The van der Waals surface area contributed by atoms with E-state index in [1.807, 2.05) is 17.9 Å². The summed E-state index contributed by atoms with van der Waals surface area (Å²) >= 11 is 5.93. The van der Waals surface area contributed by atoms with Crippen LogP contribution in [-0.2, 0) is 22.7 Å². The van der Waals surface area contributed by atoms with Gasteiger partial charge in [-0.25, -0.2) is 15.0 Å². The van der Waals surface area contributed by atoms with Crippen LogP contribution in [0.1, 0.15) is 40.1 Å². The second-order valence-electron chi connectivity index (χ2n) is 7.56. The first-order valence-corrected chi connectivity index (χ1v) is 10.1. The largest absolute Gasteiger partial charge is 0.383 e. The number of rotatable bonds is 2. The van der Waals surface area contributed by atoms with Gasteiger partial charge in [0, 0.05) is 17.1 Å². The standard InChI is InChI=1S/C21H20ClN5O3/c1-11-7-29-10-18(12-2-3-19(22)25-5-12)27(11)21(28)16-4-13-14-8-30-9-15(14)20(23)26-17(13)6-24-16/h2-6,11,18H,7-10H2,1H3,(H2,23,26)/t11-,18-/m0/s1. The Morgan fingerprint density at radius 3 is 2.80 bits per heavy atom. The second kappa shape index (κ2) is 7.46. The maximum absolute atomic E-state index is 13.6. The number of hydrogen-bond acceptors (Lipinski definition) is 7. The Morgan fingerprint density at radius 2 is 2.00 bits per heavy atom. The minimum Gasteiger partial charge on any atom is -0.383 e. The third-order valence-corrected chi connectivity index (χ3v) is 5.87. The van der Waals surface area contributed by atoms with Gasteiger partial charge in [-0.05, 0) is 30.2 Å². The van der Waals surface area contributed by atoms with E-state index in [0.717, 1.165) is 22.1 Å². The van der Waals surface area contributed by atoms with E-state index < -0.39 is 0 Å². The van der Waals surface area contributed by atoms with Crippen molar-refractivity contribution in [1.29, 1.82) is 0 Å². The van der Waals surface area contributed by atoms with Crippen LogP contribution < -0.4 is 5.73 Å². The van der Waals surface area contributed by atoms with E-state index in [0.29, 0.717) is 48.6 Å². The molecule has 0 spiro atoms. The summed E-state index contributed by atoms with van der Waals surface area (Å²) < 4.78 is 11.3. The number of fused-ring (bicyclic) bond motifs is 3. The van der Waals surface area contributed by atoms with Crippen LogP contribution in [0.25, 0.3) is 10.9 Å². The predicted octanol–water partition coefficient (Wildman–Crippen LogP) is 2.89. The molecule has 0 saturated carbocycles. The van der Waals surface area contributed by atoms with Gasteiger partial charge in [0.2, 0.25) is 0 Å². The molecular formula is C21H20ClN5O3. The molecule has 3 aromatic heterocycles. The first-order chi connectivity index (χ1) is 14.5. The molecule has 1 saturated heterocycles. The molecule has 0 bridgehead atoms. The van der Waals surface area contributed by atoms with Gasteiger partial charge in [-0.3, -0.25) is 4.79 Å². The maximum Gasteiger partial charge on any atom is 0.273 e. The zero-order valence-corrected chi connectivity index (χ0v) is 17.1. The zero-order chi connectivity index (χ0) is 20.8. The normalized spacial score (nSPS) is 21.1. The van der Waals surface area contributed by atoms with Gasteiger partial charge in [0.05, 0.1) is 50.2 Å². The Kier molecular flexibility index (Phi) is 4.77. The summed E-state index contributed by atoms with van der Waals surface area (Å²) in [7, 11) is 0. The van der Waals surface area contributed by atoms with Gasteiger partial charge in [0.25, 0.3) is 5.91 Å². The summed E-state index contributed by atoms with van der Waals surface area (Å²) in [4.78, 5) is 28.3. The van der Waals surface area contributed by atoms with Gasteiger partial charge in [-0.2, -0.15) is 0 Å². The molecule has 2 aliphatic heterocycles. The van der Waals surface area contributed by atoms with Gasteiger partial charge in [0.1, 0.15) is 16.7 Å². The number of nitrogens with two attached hydrogens (primary N) is 1. The van der Waals surface area contributed by atoms with E-state index in [1.54, 1.807) is 24.5 Å². The SMILES string of the molecule is C[C@H]1COC[C@@H](c2ccc(Cl)nc2)N1C(=O)c1cc2c3c(c(N)nc2cn1)COC3. The Balaban J connectivity index is 1.55. The van der Waals surface area contributed by atoms with E-state index in [4.69, 9.17) is 26.8 Å². The molecule has 0 radical (unpaired) electrons. The number of halogens is 1. The number of amides is 1. The first-order valence-electron chi connectivity index (χ1n) is 9.69. The molecule has 154 valence electrons. The van der Waals surface area contributed by atoms with Crippen molar-refractivity contribution in [3.8, 4) is 0 Å². The summed E-state index contributed by atoms with van der Waals surface area (Å²) in [5.41, 5.74) is 9.77. The van der Waals surface area contributed by atoms with Crippen LogP contribution in [0.3, 0.4) is 0 Å². The number of nitrogens with zero attached hydrogens (tertiary/aromatic N) is 4. The predicted molar refractivity (Wildman–Crippen MR) is 111 cm³/mol. The number of carbonyl (C=O) groups excluding carboxylic acids is 1. The smallest absolute Gasteiger partial charge is 0.273 e. The molecule has 0 aliphatic carbocycles. The number of aromatic nitrogens is 3. The summed E-state index contributed by atoms with van der Waals surface area (Å²) in [6, 6.07) is 4.97. The molecule has 5 rings (SSSR count). The van der Waals surface area contributed by atoms with Crippen LogP contribution in [0, 0.1) is 0 Å². The first kappa shape index (κ1) is 19.2. The number of anilines is 1. The summed E-state index contributed by atoms with van der Waals surface area (Å²) in [6.07, 6.45) is 3.28. The molecular weight excluding hydrogens is 406 g/mol. The zero-order valence-electron chi connectivity index (χ0n) is 16.3. The highest BCUT2D eigenvalue weighted by Gasteiger charge is 2.35. The average Bonchev–Trinajstić information content (AvgIpc) is 3.25. The van der Waals surface area contributed by atoms with Gasteiger partial charge < -0.3 is 20.1 Å². The van der Waals surface area contributed by atoms with Crippen molar-refractivity contribution in [1.82, 2.24) is 19.9 Å². The summed E-state index contributed by atoms with van der Waals surface area (Å²) in [6.45, 7) is 3.68. The third-order valence-electron chi connectivity index (χ3n) is 5.65. The van der Waals surface area contributed by atoms with Crippen LogP contribution in [0.15, 0.2) is 30.6 Å². The highest BCUT2D eigenvalue weighted by molar-refractivity contribution is 6.29. The molecule has 8 nitrogen and oxygen atoms in total. The molecule has 2 atom stereocenters. The van der Waals surface area contributed by atoms with E-state index in [-0.39, 0.29) is 18.0 Å². The number of nitrogen functional groups attached to an aromatic ring is 1. The molecule has 1 amide bonds. The van der Waals surface area contributed by atoms with Crippen molar-refractivity contribution >= 4 is 34.2 Å². The molecule has 30 heavy (non-hydrogen) atoms. The molecule has 0 unspecified atom stereocenters. The second-order valence-corrected chi connectivity index (χ2v) is 7.95. The van der Waals surface area contributed by atoms with Crippen molar-refractivity contribution in [2.45, 2.75) is 32.2 Å². The Hall–Kier alpha value is -2.81. The Labute approximate surface area is 178 Å². The Morgan fingerprint density at radius 1 is 1.17 bits per heavy atom. The Bertz CT molecular complexity index is 1140. The molecule has 3 aromatic rings. The van der Waals surface area contributed by atoms with E-state index in [9.17, 15) is 4.79 Å². The lowest BCUT2D eigenvalue weighted by Crippen LogP contribution is -2.49. The van der Waals surface area contributed by atoms with E-state index in [1.165, 1.54) is 0 Å².